The van der Waals surface area contributed by atoms with Gasteiger partial charge in [-0.1, -0.05) is 114 Å². The maximum absolute atomic E-state index is 2.35. The maximum atomic E-state index is 2.35. The Morgan fingerprint density at radius 2 is 1.00 bits per heavy atom. The van der Waals surface area contributed by atoms with Gasteiger partial charge < -0.3 is 0 Å². The molecule has 0 aromatic carbocycles. The van der Waals surface area contributed by atoms with Crippen molar-refractivity contribution in [3.63, 3.8) is 0 Å². The van der Waals surface area contributed by atoms with E-state index < -0.39 is 0 Å². The molecule has 1 unspecified atom stereocenters. The molecule has 120 valence electrons. The second-order valence-corrected chi connectivity index (χ2v) is 5.77. The van der Waals surface area contributed by atoms with E-state index in [2.05, 4.69) is 34.6 Å². The van der Waals surface area contributed by atoms with Crippen molar-refractivity contribution in [2.75, 3.05) is 0 Å². The summed E-state index contributed by atoms with van der Waals surface area (Å²) in [5.41, 5.74) is 0.550. The normalized spacial score (nSPS) is 15.6. The molecule has 0 aromatic rings. The maximum Gasteiger partial charge on any atom is -0.0331 e. The fourth-order valence-electron chi connectivity index (χ4n) is 0.901. The third-order valence-electron chi connectivity index (χ3n) is 3.56. The minimum atomic E-state index is 0.550. The Balaban J connectivity index is -0.000000207. The molecule has 0 amide bonds. The minimum Gasteiger partial charge on any atom is -0.0683 e. The SMILES string of the molecule is C1CC1.C1CC1.CC.CC.CCC(C)C(C)(C)CC. The zero-order valence-electron chi connectivity index (χ0n) is 15.7. The molecule has 0 heteroatoms. The van der Waals surface area contributed by atoms with Crippen LogP contribution in [0.2, 0.25) is 0 Å². The highest BCUT2D eigenvalue weighted by molar-refractivity contribution is 4.71. The predicted octanol–water partition coefficient (Wildman–Crippen LogP) is 7.86. The topological polar surface area (TPSA) is 0 Å². The van der Waals surface area contributed by atoms with E-state index in [1.165, 1.54) is 51.4 Å². The molecule has 2 rings (SSSR count). The summed E-state index contributed by atoms with van der Waals surface area (Å²) in [6, 6.07) is 0. The van der Waals surface area contributed by atoms with Crippen LogP contribution in [0.3, 0.4) is 0 Å². The minimum absolute atomic E-state index is 0.550. The molecule has 1 atom stereocenters. The lowest BCUT2D eigenvalue weighted by molar-refractivity contribution is 0.215. The van der Waals surface area contributed by atoms with Crippen molar-refractivity contribution >= 4 is 0 Å². The van der Waals surface area contributed by atoms with Crippen LogP contribution in [0, 0.1) is 11.3 Å². The molecule has 0 radical (unpaired) electrons. The van der Waals surface area contributed by atoms with Crippen molar-refractivity contribution in [2.45, 2.75) is 114 Å². The third-order valence-corrected chi connectivity index (χ3v) is 3.56. The number of hydrogen-bond donors (Lipinski definition) is 0. The van der Waals surface area contributed by atoms with E-state index in [0.717, 1.165) is 5.92 Å². The molecule has 2 aliphatic rings. The molecule has 0 nitrogen and oxygen atoms in total. The average Bonchev–Trinajstić information content (AvgIpc) is 3.32. The van der Waals surface area contributed by atoms with Gasteiger partial charge in [-0.3, -0.25) is 0 Å². The van der Waals surface area contributed by atoms with E-state index in [0.29, 0.717) is 5.41 Å². The fourth-order valence-corrected chi connectivity index (χ4v) is 0.901. The average molecular weight is 273 g/mol. The van der Waals surface area contributed by atoms with Crippen molar-refractivity contribution in [3.05, 3.63) is 0 Å². The first kappa shape index (κ1) is 24.0. The first-order valence-electron chi connectivity index (χ1n) is 9.04. The van der Waals surface area contributed by atoms with E-state index in [-0.39, 0.29) is 0 Å². The molecule has 19 heavy (non-hydrogen) atoms. The lowest BCUT2D eigenvalue weighted by Gasteiger charge is -2.29. The van der Waals surface area contributed by atoms with Crippen molar-refractivity contribution in [1.82, 2.24) is 0 Å². The van der Waals surface area contributed by atoms with Crippen LogP contribution in [0.4, 0.5) is 0 Å². The summed E-state index contributed by atoms with van der Waals surface area (Å²) >= 11 is 0. The van der Waals surface area contributed by atoms with E-state index >= 15 is 0 Å². The highest BCUT2D eigenvalue weighted by Gasteiger charge is 2.21. The number of hydrogen-bond acceptors (Lipinski definition) is 0. The zero-order chi connectivity index (χ0) is 15.7. The standard InChI is InChI=1S/C9H20.2C3H6.2C2H6/c1-6-8(3)9(4,5)7-2;2*1-2-3-1;2*1-2/h8H,6-7H2,1-5H3;2*1-3H2;2*1-2H3. The van der Waals surface area contributed by atoms with Gasteiger partial charge in [-0.05, 0) is 11.3 Å². The monoisotopic (exact) mass is 272 g/mol. The Bertz CT molecular complexity index is 119. The van der Waals surface area contributed by atoms with Gasteiger partial charge in [0.15, 0.2) is 0 Å². The molecular weight excluding hydrogens is 228 g/mol. The Morgan fingerprint density at radius 1 is 0.737 bits per heavy atom. The van der Waals surface area contributed by atoms with Gasteiger partial charge in [-0.25, -0.2) is 0 Å². The molecule has 0 bridgehead atoms. The van der Waals surface area contributed by atoms with Gasteiger partial charge in [-0.15, -0.1) is 0 Å². The van der Waals surface area contributed by atoms with Crippen LogP contribution in [0.15, 0.2) is 0 Å². The van der Waals surface area contributed by atoms with Crippen molar-refractivity contribution in [1.29, 1.82) is 0 Å². The molecule has 0 saturated heterocycles. The molecular formula is C19H44. The quantitative estimate of drug-likeness (QED) is 0.490. The van der Waals surface area contributed by atoms with Gasteiger partial charge in [0.05, 0.1) is 0 Å². The van der Waals surface area contributed by atoms with Crippen LogP contribution in [0.1, 0.15) is 114 Å². The Morgan fingerprint density at radius 3 is 1.05 bits per heavy atom. The smallest absolute Gasteiger partial charge is 0.0331 e. The Hall–Kier alpha value is 0. The van der Waals surface area contributed by atoms with Gasteiger partial charge in [0.25, 0.3) is 0 Å². The summed E-state index contributed by atoms with van der Waals surface area (Å²) in [6.45, 7) is 19.6. The first-order valence-corrected chi connectivity index (χ1v) is 9.04. The highest BCUT2D eigenvalue weighted by Crippen LogP contribution is 2.31. The second kappa shape index (κ2) is 18.0. The molecule has 2 fully saturated rings. The summed E-state index contributed by atoms with van der Waals surface area (Å²) in [7, 11) is 0. The van der Waals surface area contributed by atoms with Gasteiger partial charge in [0.2, 0.25) is 0 Å². The summed E-state index contributed by atoms with van der Waals surface area (Å²) in [6.07, 6.45) is 11.6. The summed E-state index contributed by atoms with van der Waals surface area (Å²) in [5.74, 6) is 0.863. The summed E-state index contributed by atoms with van der Waals surface area (Å²) in [4.78, 5) is 0. The van der Waals surface area contributed by atoms with Crippen LogP contribution < -0.4 is 0 Å². The van der Waals surface area contributed by atoms with Crippen LogP contribution in [-0.2, 0) is 0 Å². The van der Waals surface area contributed by atoms with E-state index in [9.17, 15) is 0 Å². The van der Waals surface area contributed by atoms with E-state index in [4.69, 9.17) is 0 Å². The lowest BCUT2D eigenvalue weighted by Crippen LogP contribution is -2.19. The molecule has 0 spiro atoms. The van der Waals surface area contributed by atoms with Crippen LogP contribution in [-0.4, -0.2) is 0 Å². The van der Waals surface area contributed by atoms with Gasteiger partial charge in [-0.2, -0.15) is 0 Å². The highest BCUT2D eigenvalue weighted by atomic mass is 14.3. The summed E-state index contributed by atoms with van der Waals surface area (Å²) in [5, 5.41) is 0. The Labute approximate surface area is 125 Å². The molecule has 2 saturated carbocycles. The van der Waals surface area contributed by atoms with Crippen LogP contribution in [0.25, 0.3) is 0 Å². The molecule has 0 aromatic heterocycles. The predicted molar refractivity (Wildman–Crippen MR) is 93.9 cm³/mol. The zero-order valence-corrected chi connectivity index (χ0v) is 15.7. The van der Waals surface area contributed by atoms with Crippen molar-refractivity contribution in [3.8, 4) is 0 Å². The molecule has 0 heterocycles. The largest absolute Gasteiger partial charge is 0.0683 e. The summed E-state index contributed by atoms with van der Waals surface area (Å²) < 4.78 is 0. The van der Waals surface area contributed by atoms with E-state index in [1.807, 2.05) is 27.7 Å². The number of rotatable bonds is 3. The second-order valence-electron chi connectivity index (χ2n) is 5.77. The Kier molecular flexibility index (Phi) is 22.8. The molecule has 2 aliphatic carbocycles. The fraction of sp³-hybridized carbons (Fsp3) is 1.00. The van der Waals surface area contributed by atoms with Gasteiger partial charge in [0.1, 0.15) is 0 Å². The lowest BCUT2D eigenvalue weighted by atomic mass is 9.77. The van der Waals surface area contributed by atoms with Gasteiger partial charge in [0, 0.05) is 0 Å². The van der Waals surface area contributed by atoms with Crippen LogP contribution in [0.5, 0.6) is 0 Å². The third kappa shape index (κ3) is 27.3. The van der Waals surface area contributed by atoms with Crippen molar-refractivity contribution < 1.29 is 0 Å². The molecule has 0 aliphatic heterocycles. The van der Waals surface area contributed by atoms with Crippen molar-refractivity contribution in [2.24, 2.45) is 11.3 Å². The first-order chi connectivity index (χ1) is 9.04. The van der Waals surface area contributed by atoms with E-state index in [1.54, 1.807) is 0 Å². The van der Waals surface area contributed by atoms with Gasteiger partial charge >= 0.3 is 0 Å². The molecule has 0 N–H and O–H groups in total. The van der Waals surface area contributed by atoms with Crippen LogP contribution >= 0.6 is 0 Å².